The Balaban J connectivity index is 1.56. The maximum absolute atomic E-state index is 12.8. The van der Waals surface area contributed by atoms with E-state index in [9.17, 15) is 4.79 Å². The van der Waals surface area contributed by atoms with Gasteiger partial charge in [0.15, 0.2) is 17.3 Å². The van der Waals surface area contributed by atoms with E-state index in [4.69, 9.17) is 18.6 Å². The number of hydrogen-bond acceptors (Lipinski definition) is 5. The van der Waals surface area contributed by atoms with E-state index in [1.807, 2.05) is 50.2 Å². The van der Waals surface area contributed by atoms with Crippen molar-refractivity contribution in [2.75, 3.05) is 20.3 Å². The zero-order valence-corrected chi connectivity index (χ0v) is 15.5. The molecule has 0 bridgehead atoms. The van der Waals surface area contributed by atoms with Crippen molar-refractivity contribution in [1.29, 1.82) is 0 Å². The summed E-state index contributed by atoms with van der Waals surface area (Å²) in [6.07, 6.45) is 0. The predicted molar refractivity (Wildman–Crippen MR) is 101 cm³/mol. The first kappa shape index (κ1) is 17.3. The summed E-state index contributed by atoms with van der Waals surface area (Å²) in [5.74, 6) is 2.20. The van der Waals surface area contributed by atoms with E-state index < -0.39 is 0 Å². The van der Waals surface area contributed by atoms with Crippen LogP contribution in [0.1, 0.15) is 34.6 Å². The number of carbonyl (C=O) groups excluding carboxylic acids is 1. The second kappa shape index (κ2) is 6.87. The fraction of sp³-hybridized carbons (Fsp3) is 0.286. The second-order valence-electron chi connectivity index (χ2n) is 6.52. The largest absolute Gasteiger partial charge is 0.497 e. The van der Waals surface area contributed by atoms with E-state index >= 15 is 0 Å². The molecular weight excluding hydrogens is 346 g/mol. The lowest BCUT2D eigenvalue weighted by Gasteiger charge is -2.21. The van der Waals surface area contributed by atoms with Gasteiger partial charge in [0.25, 0.3) is 5.91 Å². The van der Waals surface area contributed by atoms with Crippen molar-refractivity contribution in [3.05, 3.63) is 53.3 Å². The van der Waals surface area contributed by atoms with Crippen molar-refractivity contribution >= 4 is 16.9 Å². The van der Waals surface area contributed by atoms with Crippen LogP contribution in [0.5, 0.6) is 17.2 Å². The van der Waals surface area contributed by atoms with Crippen molar-refractivity contribution in [2.24, 2.45) is 0 Å². The highest BCUT2D eigenvalue weighted by molar-refractivity contribution is 5.99. The number of furan rings is 1. The average molecular weight is 367 g/mol. The minimum Gasteiger partial charge on any atom is -0.497 e. The van der Waals surface area contributed by atoms with Gasteiger partial charge in [0.05, 0.1) is 13.2 Å². The molecule has 0 saturated heterocycles. The molecule has 1 N–H and O–H groups in total. The van der Waals surface area contributed by atoms with Gasteiger partial charge < -0.3 is 23.9 Å². The molecule has 1 aliphatic heterocycles. The molecule has 0 fully saturated rings. The van der Waals surface area contributed by atoms with Crippen LogP contribution >= 0.6 is 0 Å². The molecule has 0 saturated carbocycles. The van der Waals surface area contributed by atoms with Crippen LogP contribution in [0.4, 0.5) is 0 Å². The Morgan fingerprint density at radius 3 is 2.67 bits per heavy atom. The Bertz CT molecular complexity index is 1010. The van der Waals surface area contributed by atoms with Crippen molar-refractivity contribution in [2.45, 2.75) is 19.9 Å². The molecule has 1 atom stereocenters. The first-order chi connectivity index (χ1) is 13.1. The SMILES string of the molecule is COc1ccc2oc(C(=O)NC(C)c3ccc4c(c3)OCCO4)c(C)c2c1. The number of benzene rings is 2. The van der Waals surface area contributed by atoms with E-state index in [-0.39, 0.29) is 11.9 Å². The molecule has 0 radical (unpaired) electrons. The maximum Gasteiger partial charge on any atom is 0.287 e. The topological polar surface area (TPSA) is 69.9 Å². The van der Waals surface area contributed by atoms with Crippen LogP contribution in [0.25, 0.3) is 11.0 Å². The number of nitrogens with one attached hydrogen (secondary N) is 1. The summed E-state index contributed by atoms with van der Waals surface area (Å²) in [6, 6.07) is 11.0. The second-order valence-corrected chi connectivity index (χ2v) is 6.52. The van der Waals surface area contributed by atoms with E-state index in [0.29, 0.717) is 30.3 Å². The third-order valence-corrected chi connectivity index (χ3v) is 4.76. The quantitative estimate of drug-likeness (QED) is 0.754. The van der Waals surface area contributed by atoms with E-state index in [1.54, 1.807) is 7.11 Å². The number of methoxy groups -OCH3 is 1. The number of fused-ring (bicyclic) bond motifs is 2. The van der Waals surface area contributed by atoms with E-state index in [2.05, 4.69) is 5.32 Å². The van der Waals surface area contributed by atoms with Crippen LogP contribution in [0.3, 0.4) is 0 Å². The number of ether oxygens (including phenoxy) is 3. The van der Waals surface area contributed by atoms with Crippen LogP contribution in [0, 0.1) is 6.92 Å². The molecule has 6 nitrogen and oxygen atoms in total. The zero-order chi connectivity index (χ0) is 19.0. The van der Waals surface area contributed by atoms with Crippen LogP contribution < -0.4 is 19.5 Å². The van der Waals surface area contributed by atoms with Gasteiger partial charge in [-0.2, -0.15) is 0 Å². The van der Waals surface area contributed by atoms with Crippen LogP contribution in [0.2, 0.25) is 0 Å². The lowest BCUT2D eigenvalue weighted by atomic mass is 10.1. The van der Waals surface area contributed by atoms with Gasteiger partial charge in [-0.1, -0.05) is 6.07 Å². The first-order valence-corrected chi connectivity index (χ1v) is 8.84. The van der Waals surface area contributed by atoms with Crippen molar-refractivity contribution in [3.8, 4) is 17.2 Å². The zero-order valence-electron chi connectivity index (χ0n) is 15.5. The fourth-order valence-electron chi connectivity index (χ4n) is 3.22. The van der Waals surface area contributed by atoms with Crippen molar-refractivity contribution in [1.82, 2.24) is 5.32 Å². The Kier molecular flexibility index (Phi) is 4.39. The van der Waals surface area contributed by atoms with E-state index in [0.717, 1.165) is 28.0 Å². The van der Waals surface area contributed by atoms with Gasteiger partial charge in [-0.3, -0.25) is 4.79 Å². The molecule has 0 spiro atoms. The summed E-state index contributed by atoms with van der Waals surface area (Å²) in [5.41, 5.74) is 2.38. The molecular formula is C21H21NO5. The Morgan fingerprint density at radius 1 is 1.11 bits per heavy atom. The predicted octanol–water partition coefficient (Wildman–Crippen LogP) is 4.01. The van der Waals surface area contributed by atoms with Crippen LogP contribution in [-0.2, 0) is 0 Å². The lowest BCUT2D eigenvalue weighted by molar-refractivity contribution is 0.0913. The molecule has 2 aromatic carbocycles. The summed E-state index contributed by atoms with van der Waals surface area (Å²) in [6.45, 7) is 4.87. The number of rotatable bonds is 4. The summed E-state index contributed by atoms with van der Waals surface area (Å²) in [5, 5.41) is 3.86. The molecule has 2 heterocycles. The molecule has 1 aliphatic rings. The molecule has 6 heteroatoms. The van der Waals surface area contributed by atoms with Crippen molar-refractivity contribution < 1.29 is 23.4 Å². The molecule has 1 aromatic heterocycles. The molecule has 0 aliphatic carbocycles. The molecule has 4 rings (SSSR count). The smallest absolute Gasteiger partial charge is 0.287 e. The number of amides is 1. The molecule has 1 unspecified atom stereocenters. The third kappa shape index (κ3) is 3.18. The highest BCUT2D eigenvalue weighted by Gasteiger charge is 2.21. The molecule has 3 aromatic rings. The Morgan fingerprint density at radius 2 is 1.89 bits per heavy atom. The van der Waals surface area contributed by atoms with Gasteiger partial charge in [-0.05, 0) is 49.7 Å². The third-order valence-electron chi connectivity index (χ3n) is 4.76. The number of aryl methyl sites for hydroxylation is 1. The maximum atomic E-state index is 12.8. The minimum atomic E-state index is -0.259. The van der Waals surface area contributed by atoms with Crippen LogP contribution in [0.15, 0.2) is 40.8 Å². The molecule has 140 valence electrons. The minimum absolute atomic E-state index is 0.213. The van der Waals surface area contributed by atoms with Gasteiger partial charge in [0.1, 0.15) is 24.5 Å². The molecule has 27 heavy (non-hydrogen) atoms. The molecule has 1 amide bonds. The fourth-order valence-corrected chi connectivity index (χ4v) is 3.22. The highest BCUT2D eigenvalue weighted by atomic mass is 16.6. The Labute approximate surface area is 157 Å². The normalized spacial score (nSPS) is 14.0. The number of hydrogen-bond donors (Lipinski definition) is 1. The van der Waals surface area contributed by atoms with Gasteiger partial charge in [-0.15, -0.1) is 0 Å². The Hall–Kier alpha value is -3.15. The van der Waals surface area contributed by atoms with Crippen molar-refractivity contribution in [3.63, 3.8) is 0 Å². The average Bonchev–Trinajstić information content (AvgIpc) is 3.03. The standard InChI is InChI=1S/C21H21NO5/c1-12-16-11-15(24-3)5-7-17(16)27-20(12)21(23)22-13(2)14-4-6-18-19(10-14)26-9-8-25-18/h4-7,10-11,13H,8-9H2,1-3H3,(H,22,23). The summed E-state index contributed by atoms with van der Waals surface area (Å²) >= 11 is 0. The first-order valence-electron chi connectivity index (χ1n) is 8.84. The lowest BCUT2D eigenvalue weighted by Crippen LogP contribution is -2.27. The van der Waals surface area contributed by atoms with Gasteiger partial charge >= 0.3 is 0 Å². The van der Waals surface area contributed by atoms with E-state index in [1.165, 1.54) is 0 Å². The summed E-state index contributed by atoms with van der Waals surface area (Å²) in [7, 11) is 1.61. The van der Waals surface area contributed by atoms with Crippen LogP contribution in [-0.4, -0.2) is 26.2 Å². The van der Waals surface area contributed by atoms with Gasteiger partial charge in [-0.25, -0.2) is 0 Å². The van der Waals surface area contributed by atoms with Gasteiger partial charge in [0.2, 0.25) is 0 Å². The van der Waals surface area contributed by atoms with Gasteiger partial charge in [0, 0.05) is 10.9 Å². The summed E-state index contributed by atoms with van der Waals surface area (Å²) in [4.78, 5) is 12.8. The summed E-state index contributed by atoms with van der Waals surface area (Å²) < 4.78 is 22.2. The highest BCUT2D eigenvalue weighted by Crippen LogP contribution is 2.33. The monoisotopic (exact) mass is 367 g/mol. The number of carbonyl (C=O) groups is 1.